The van der Waals surface area contributed by atoms with E-state index in [1.807, 2.05) is 26.8 Å². The van der Waals surface area contributed by atoms with Gasteiger partial charge in [-0.05, 0) is 31.7 Å². The highest BCUT2D eigenvalue weighted by Gasteiger charge is 2.31. The van der Waals surface area contributed by atoms with Crippen LogP contribution in [0.3, 0.4) is 0 Å². The molecule has 130 valence electrons. The molecule has 24 heavy (non-hydrogen) atoms. The minimum Gasteiger partial charge on any atom is -0.507 e. The number of benzene rings is 1. The summed E-state index contributed by atoms with van der Waals surface area (Å²) >= 11 is 0. The van der Waals surface area contributed by atoms with Crippen molar-refractivity contribution in [2.75, 3.05) is 7.11 Å². The minimum atomic E-state index is -0.855. The van der Waals surface area contributed by atoms with Crippen LogP contribution in [0.2, 0.25) is 0 Å². The van der Waals surface area contributed by atoms with E-state index in [2.05, 4.69) is 0 Å². The van der Waals surface area contributed by atoms with Crippen molar-refractivity contribution < 1.29 is 29.3 Å². The lowest BCUT2D eigenvalue weighted by Gasteiger charge is -2.16. The molecule has 1 atom stereocenters. The highest BCUT2D eigenvalue weighted by atomic mass is 16.5. The Morgan fingerprint density at radius 2 is 2.12 bits per heavy atom. The molecule has 2 N–H and O–H groups in total. The van der Waals surface area contributed by atoms with Gasteiger partial charge in [0.15, 0.2) is 0 Å². The Balaban J connectivity index is 2.40. The van der Waals surface area contributed by atoms with Gasteiger partial charge in [0, 0.05) is 11.1 Å². The first kappa shape index (κ1) is 17.8. The minimum absolute atomic E-state index is 0.0427. The third-order valence-corrected chi connectivity index (χ3v) is 4.53. The maximum Gasteiger partial charge on any atom is 0.342 e. The molecule has 0 amide bonds. The average molecular weight is 334 g/mol. The number of hydrogen-bond donors (Lipinski definition) is 2. The Morgan fingerprint density at radius 1 is 1.46 bits per heavy atom. The zero-order chi connectivity index (χ0) is 18.0. The van der Waals surface area contributed by atoms with Gasteiger partial charge in [0.2, 0.25) is 0 Å². The molecule has 1 unspecified atom stereocenters. The maximum atomic E-state index is 11.9. The molecular formula is C18H22O6. The highest BCUT2D eigenvalue weighted by molar-refractivity contribution is 5.98. The van der Waals surface area contributed by atoms with Crippen LogP contribution in [0.1, 0.15) is 47.3 Å². The quantitative estimate of drug-likeness (QED) is 0.614. The van der Waals surface area contributed by atoms with E-state index < -0.39 is 11.9 Å². The number of rotatable bonds is 6. The molecule has 0 spiro atoms. The lowest BCUT2D eigenvalue weighted by molar-refractivity contribution is -0.137. The number of allylic oxidation sites excluding steroid dienone is 2. The van der Waals surface area contributed by atoms with Crippen LogP contribution >= 0.6 is 0 Å². The molecule has 1 aromatic carbocycles. The van der Waals surface area contributed by atoms with Crippen LogP contribution in [-0.2, 0) is 22.6 Å². The molecule has 0 radical (unpaired) electrons. The number of aliphatic carboxylic acids is 1. The lowest BCUT2D eigenvalue weighted by atomic mass is 9.93. The van der Waals surface area contributed by atoms with Crippen LogP contribution in [0.15, 0.2) is 11.6 Å². The Kier molecular flexibility index (Phi) is 5.17. The summed E-state index contributed by atoms with van der Waals surface area (Å²) in [7, 11) is 1.51. The van der Waals surface area contributed by atoms with Crippen molar-refractivity contribution in [1.29, 1.82) is 0 Å². The number of cyclic esters (lactones) is 1. The fraction of sp³-hybridized carbons (Fsp3) is 0.444. The Morgan fingerprint density at radius 3 is 2.71 bits per heavy atom. The van der Waals surface area contributed by atoms with Crippen molar-refractivity contribution in [3.8, 4) is 11.5 Å². The zero-order valence-electron chi connectivity index (χ0n) is 14.3. The molecule has 0 aliphatic carbocycles. The molecule has 0 aromatic heterocycles. The first-order chi connectivity index (χ1) is 11.3. The molecule has 1 aliphatic rings. The van der Waals surface area contributed by atoms with Gasteiger partial charge in [-0.2, -0.15) is 0 Å². The predicted octanol–water partition coefficient (Wildman–Crippen LogP) is 2.98. The average Bonchev–Trinajstić information content (AvgIpc) is 2.90. The van der Waals surface area contributed by atoms with Gasteiger partial charge in [-0.1, -0.05) is 18.6 Å². The summed E-state index contributed by atoms with van der Waals surface area (Å²) in [5.74, 6) is -1.10. The molecule has 6 heteroatoms. The van der Waals surface area contributed by atoms with Crippen molar-refractivity contribution in [2.24, 2.45) is 5.92 Å². The van der Waals surface area contributed by atoms with Crippen molar-refractivity contribution in [1.82, 2.24) is 0 Å². The summed E-state index contributed by atoms with van der Waals surface area (Å²) in [4.78, 5) is 22.7. The number of carboxylic acids is 1. The maximum absolute atomic E-state index is 11.9. The van der Waals surface area contributed by atoms with Crippen LogP contribution in [0.25, 0.3) is 0 Å². The van der Waals surface area contributed by atoms with Gasteiger partial charge in [0.25, 0.3) is 0 Å². The predicted molar refractivity (Wildman–Crippen MR) is 87.4 cm³/mol. The van der Waals surface area contributed by atoms with Gasteiger partial charge < -0.3 is 19.7 Å². The number of phenols is 1. The van der Waals surface area contributed by atoms with Crippen LogP contribution in [0, 0.1) is 12.8 Å². The zero-order valence-corrected chi connectivity index (χ0v) is 14.3. The molecule has 6 nitrogen and oxygen atoms in total. The number of hydrogen-bond acceptors (Lipinski definition) is 5. The molecular weight excluding hydrogens is 312 g/mol. The summed E-state index contributed by atoms with van der Waals surface area (Å²) in [5, 5.41) is 19.4. The molecule has 0 saturated carbocycles. The summed E-state index contributed by atoms with van der Waals surface area (Å²) in [6, 6.07) is 0. The van der Waals surface area contributed by atoms with Crippen LogP contribution in [0.4, 0.5) is 0 Å². The van der Waals surface area contributed by atoms with Crippen LogP contribution in [0.5, 0.6) is 11.5 Å². The van der Waals surface area contributed by atoms with E-state index in [0.29, 0.717) is 23.3 Å². The van der Waals surface area contributed by atoms with E-state index in [0.717, 1.165) is 11.1 Å². The summed E-state index contributed by atoms with van der Waals surface area (Å²) in [6.45, 7) is 5.65. The number of aromatic hydroxyl groups is 1. The van der Waals surface area contributed by atoms with E-state index in [4.69, 9.17) is 14.6 Å². The number of methoxy groups -OCH3 is 1. The lowest BCUT2D eigenvalue weighted by Crippen LogP contribution is -2.06. The summed E-state index contributed by atoms with van der Waals surface area (Å²) < 4.78 is 10.4. The molecule has 0 bridgehead atoms. The van der Waals surface area contributed by atoms with Gasteiger partial charge in [0.1, 0.15) is 23.7 Å². The Hall–Kier alpha value is -2.50. The second kappa shape index (κ2) is 6.95. The fourth-order valence-electron chi connectivity index (χ4n) is 2.92. The number of ether oxygens (including phenoxy) is 2. The van der Waals surface area contributed by atoms with Crippen LogP contribution < -0.4 is 4.74 Å². The van der Waals surface area contributed by atoms with Crippen molar-refractivity contribution in [3.05, 3.63) is 33.9 Å². The topological polar surface area (TPSA) is 93.1 Å². The number of carbonyl (C=O) groups is 2. The smallest absolute Gasteiger partial charge is 0.342 e. The number of phenolic OH excluding ortho intramolecular Hbond substituents is 1. The largest absolute Gasteiger partial charge is 0.507 e. The van der Waals surface area contributed by atoms with Crippen molar-refractivity contribution in [2.45, 2.75) is 40.2 Å². The number of fused-ring (bicyclic) bond motifs is 1. The Labute approximate surface area is 140 Å². The number of carboxylic acid groups (broad SMARTS) is 1. The van der Waals surface area contributed by atoms with Gasteiger partial charge in [0.05, 0.1) is 13.5 Å². The molecule has 2 rings (SSSR count). The first-order valence-electron chi connectivity index (χ1n) is 7.74. The fourth-order valence-corrected chi connectivity index (χ4v) is 2.92. The van der Waals surface area contributed by atoms with E-state index in [9.17, 15) is 14.7 Å². The molecule has 1 aromatic rings. The molecule has 0 fully saturated rings. The molecule has 1 heterocycles. The monoisotopic (exact) mass is 334 g/mol. The third-order valence-electron chi connectivity index (χ3n) is 4.53. The standard InChI is InChI=1S/C18H22O6/c1-9(10(2)7-14(19)20)5-6-12-16(21)15-13(8-24-18(15)22)11(3)17(12)23-4/h5,10,21H,6-8H2,1-4H3,(H,19,20). The summed E-state index contributed by atoms with van der Waals surface area (Å²) in [6.07, 6.45) is 2.24. The van der Waals surface area contributed by atoms with E-state index in [-0.39, 0.29) is 30.3 Å². The second-order valence-corrected chi connectivity index (χ2v) is 6.07. The van der Waals surface area contributed by atoms with Crippen LogP contribution in [-0.4, -0.2) is 29.3 Å². The molecule has 0 saturated heterocycles. The highest BCUT2D eigenvalue weighted by Crippen LogP contribution is 2.42. The van der Waals surface area contributed by atoms with E-state index in [1.54, 1.807) is 0 Å². The van der Waals surface area contributed by atoms with E-state index >= 15 is 0 Å². The second-order valence-electron chi connectivity index (χ2n) is 6.07. The van der Waals surface area contributed by atoms with Crippen molar-refractivity contribution in [3.63, 3.8) is 0 Å². The normalized spacial score (nSPS) is 15.0. The SMILES string of the molecule is COc1c(C)c2c(c(O)c1CC=C(C)C(C)CC(=O)O)C(=O)OC2. The van der Waals surface area contributed by atoms with Gasteiger partial charge in [-0.3, -0.25) is 4.79 Å². The van der Waals surface area contributed by atoms with Gasteiger partial charge in [-0.25, -0.2) is 4.79 Å². The van der Waals surface area contributed by atoms with Crippen molar-refractivity contribution >= 4 is 11.9 Å². The molecule has 1 aliphatic heterocycles. The number of esters is 1. The summed E-state index contributed by atoms with van der Waals surface area (Å²) in [5.41, 5.74) is 3.04. The van der Waals surface area contributed by atoms with Gasteiger partial charge in [-0.15, -0.1) is 0 Å². The Bertz CT molecular complexity index is 717. The first-order valence-corrected chi connectivity index (χ1v) is 7.74. The number of carbonyl (C=O) groups excluding carboxylic acids is 1. The van der Waals surface area contributed by atoms with E-state index in [1.165, 1.54) is 7.11 Å². The van der Waals surface area contributed by atoms with Gasteiger partial charge >= 0.3 is 11.9 Å². The third kappa shape index (κ3) is 3.22.